The van der Waals surface area contributed by atoms with E-state index in [-0.39, 0.29) is 18.3 Å². The Morgan fingerprint density at radius 3 is 2.70 bits per heavy atom. The van der Waals surface area contributed by atoms with Crippen molar-refractivity contribution < 1.29 is 9.53 Å². The number of aromatic nitrogens is 3. The fourth-order valence-electron chi connectivity index (χ4n) is 3.22. The van der Waals surface area contributed by atoms with Gasteiger partial charge in [-0.3, -0.25) is 14.1 Å². The molecule has 3 heterocycles. The van der Waals surface area contributed by atoms with Crippen molar-refractivity contribution in [1.82, 2.24) is 19.3 Å². The number of imidazole rings is 1. The molecule has 30 heavy (non-hydrogen) atoms. The van der Waals surface area contributed by atoms with Gasteiger partial charge in [-0.1, -0.05) is 17.4 Å². The summed E-state index contributed by atoms with van der Waals surface area (Å²) in [5.74, 6) is 0.672. The topological polar surface area (TPSA) is 63.0 Å². The summed E-state index contributed by atoms with van der Waals surface area (Å²) in [7, 11) is 5.63. The van der Waals surface area contributed by atoms with E-state index in [1.54, 1.807) is 12.0 Å². The number of hydrogen-bond acceptors (Lipinski definition) is 6. The fraction of sp³-hybridized carbons (Fsp3) is 0.286. The number of thiazole rings is 1. The number of hydrogen-bond donors (Lipinski definition) is 0. The van der Waals surface area contributed by atoms with Crippen LogP contribution in [0.15, 0.2) is 42.6 Å². The second-order valence-corrected chi connectivity index (χ2v) is 8.07. The van der Waals surface area contributed by atoms with Crippen LogP contribution in [-0.2, 0) is 0 Å². The number of likely N-dealkylation sites (N-methyl/N-ethyl adjacent to an activating group) is 1. The molecule has 4 rings (SSSR count). The van der Waals surface area contributed by atoms with Gasteiger partial charge in [-0.25, -0.2) is 9.97 Å². The molecule has 0 saturated carbocycles. The molecule has 0 aliphatic carbocycles. The normalized spacial score (nSPS) is 11.1. The summed E-state index contributed by atoms with van der Waals surface area (Å²) in [6.07, 6.45) is 1.87. The Hall–Kier alpha value is -2.68. The molecule has 0 bridgehead atoms. The molecule has 0 N–H and O–H groups in total. The molecule has 0 atom stereocenters. The molecule has 1 amide bonds. The van der Waals surface area contributed by atoms with Gasteiger partial charge >= 0.3 is 0 Å². The lowest BCUT2D eigenvalue weighted by atomic mass is 10.3. The van der Waals surface area contributed by atoms with Gasteiger partial charge in [-0.2, -0.15) is 0 Å². The van der Waals surface area contributed by atoms with E-state index in [0.29, 0.717) is 23.1 Å². The van der Waals surface area contributed by atoms with Gasteiger partial charge in [-0.05, 0) is 51.4 Å². The monoisotopic (exact) mass is 445 g/mol. The summed E-state index contributed by atoms with van der Waals surface area (Å²) in [4.78, 5) is 26.7. The second kappa shape index (κ2) is 8.99. The number of rotatable bonds is 6. The molecule has 4 aromatic rings. The van der Waals surface area contributed by atoms with Crippen molar-refractivity contribution in [3.63, 3.8) is 0 Å². The Kier molecular flexibility index (Phi) is 6.60. The first kappa shape index (κ1) is 22.0. The van der Waals surface area contributed by atoms with Crippen LogP contribution in [0.25, 0.3) is 15.9 Å². The van der Waals surface area contributed by atoms with E-state index >= 15 is 0 Å². The molecule has 0 saturated heterocycles. The van der Waals surface area contributed by atoms with Crippen LogP contribution in [-0.4, -0.2) is 59.5 Å². The van der Waals surface area contributed by atoms with E-state index in [1.165, 1.54) is 11.3 Å². The Labute approximate surface area is 185 Å². The molecule has 0 aliphatic rings. The highest BCUT2D eigenvalue weighted by molar-refractivity contribution is 7.22. The zero-order chi connectivity index (χ0) is 20.5. The third-order valence-corrected chi connectivity index (χ3v) is 5.78. The molecule has 1 aromatic carbocycles. The third-order valence-electron chi connectivity index (χ3n) is 4.74. The second-order valence-electron chi connectivity index (χ2n) is 7.06. The van der Waals surface area contributed by atoms with Crippen LogP contribution in [0.5, 0.6) is 5.75 Å². The average molecular weight is 446 g/mol. The van der Waals surface area contributed by atoms with Crippen LogP contribution in [0.1, 0.15) is 16.2 Å². The molecule has 0 aliphatic heterocycles. The van der Waals surface area contributed by atoms with Gasteiger partial charge < -0.3 is 9.64 Å². The number of fused-ring (bicyclic) bond motifs is 2. The average Bonchev–Trinajstić information content (AvgIpc) is 3.26. The SMILES string of the molecule is COc1ccc2nc(N(CCN(C)C)C(=O)c3c(C)nc4ccccn34)sc2c1.Cl. The zero-order valence-electron chi connectivity index (χ0n) is 17.3. The number of pyridine rings is 1. The van der Waals surface area contributed by atoms with Crippen LogP contribution < -0.4 is 9.64 Å². The number of amides is 1. The number of nitrogens with zero attached hydrogens (tertiary/aromatic N) is 5. The number of ether oxygens (including phenoxy) is 1. The van der Waals surface area contributed by atoms with Crippen LogP contribution in [0, 0.1) is 6.92 Å². The van der Waals surface area contributed by atoms with Crippen molar-refractivity contribution in [3.8, 4) is 5.75 Å². The first-order chi connectivity index (χ1) is 14.0. The van der Waals surface area contributed by atoms with Gasteiger partial charge in [-0.15, -0.1) is 12.4 Å². The molecule has 158 valence electrons. The van der Waals surface area contributed by atoms with Crippen LogP contribution >= 0.6 is 23.7 Å². The number of halogens is 1. The first-order valence-electron chi connectivity index (χ1n) is 9.33. The molecule has 0 radical (unpaired) electrons. The lowest BCUT2D eigenvalue weighted by Crippen LogP contribution is -2.37. The quantitative estimate of drug-likeness (QED) is 0.450. The summed E-state index contributed by atoms with van der Waals surface area (Å²) in [6, 6.07) is 11.5. The summed E-state index contributed by atoms with van der Waals surface area (Å²) in [6.45, 7) is 3.12. The van der Waals surface area contributed by atoms with Crippen molar-refractivity contribution in [1.29, 1.82) is 0 Å². The van der Waals surface area contributed by atoms with E-state index in [0.717, 1.165) is 28.2 Å². The van der Waals surface area contributed by atoms with E-state index in [4.69, 9.17) is 9.72 Å². The van der Waals surface area contributed by atoms with E-state index < -0.39 is 0 Å². The van der Waals surface area contributed by atoms with Gasteiger partial charge in [0.15, 0.2) is 5.13 Å². The largest absolute Gasteiger partial charge is 0.497 e. The summed E-state index contributed by atoms with van der Waals surface area (Å²) < 4.78 is 8.15. The van der Waals surface area contributed by atoms with Crippen LogP contribution in [0.3, 0.4) is 0 Å². The molecule has 0 spiro atoms. The minimum atomic E-state index is -0.103. The minimum Gasteiger partial charge on any atom is -0.497 e. The van der Waals surface area contributed by atoms with Gasteiger partial charge in [0.2, 0.25) is 0 Å². The molecule has 0 fully saturated rings. The summed E-state index contributed by atoms with van der Waals surface area (Å²) >= 11 is 1.49. The van der Waals surface area contributed by atoms with E-state index in [9.17, 15) is 4.79 Å². The highest BCUT2D eigenvalue weighted by atomic mass is 35.5. The third kappa shape index (κ3) is 4.12. The zero-order valence-corrected chi connectivity index (χ0v) is 19.0. The molecular formula is C21H24ClN5O2S. The van der Waals surface area contributed by atoms with Crippen molar-refractivity contribution in [3.05, 3.63) is 54.0 Å². The maximum Gasteiger partial charge on any atom is 0.279 e. The number of benzene rings is 1. The Bertz CT molecular complexity index is 1190. The standard InChI is InChI=1S/C21H23N5O2S.ClH/c1-14-19(25-10-6-5-7-18(25)22-14)20(27)26(12-11-24(2)3)21-23-16-9-8-15(28-4)13-17(16)29-21;/h5-10,13H,11-12H2,1-4H3;1H. The Morgan fingerprint density at radius 1 is 1.17 bits per heavy atom. The Balaban J connectivity index is 0.00000256. The number of methoxy groups -OCH3 is 1. The van der Waals surface area contributed by atoms with Gasteiger partial charge in [0.25, 0.3) is 5.91 Å². The smallest absolute Gasteiger partial charge is 0.279 e. The van der Waals surface area contributed by atoms with Crippen molar-refractivity contribution in [2.24, 2.45) is 0 Å². The highest BCUT2D eigenvalue weighted by Crippen LogP contribution is 2.32. The summed E-state index contributed by atoms with van der Waals surface area (Å²) in [5.41, 5.74) is 2.88. The lowest BCUT2D eigenvalue weighted by Gasteiger charge is -2.22. The fourth-order valence-corrected chi connectivity index (χ4v) is 4.24. The number of aryl methyl sites for hydroxylation is 1. The maximum absolute atomic E-state index is 13.6. The minimum absolute atomic E-state index is 0. The molecule has 7 nitrogen and oxygen atoms in total. The van der Waals surface area contributed by atoms with Crippen molar-refractivity contribution in [2.75, 3.05) is 39.2 Å². The van der Waals surface area contributed by atoms with Gasteiger partial charge in [0.05, 0.1) is 23.0 Å². The highest BCUT2D eigenvalue weighted by Gasteiger charge is 2.26. The number of carbonyl (C=O) groups excluding carboxylic acids is 1. The van der Waals surface area contributed by atoms with Gasteiger partial charge in [0.1, 0.15) is 17.1 Å². The van der Waals surface area contributed by atoms with Crippen molar-refractivity contribution in [2.45, 2.75) is 6.92 Å². The Morgan fingerprint density at radius 2 is 1.97 bits per heavy atom. The van der Waals surface area contributed by atoms with Crippen LogP contribution in [0.4, 0.5) is 5.13 Å². The predicted molar refractivity (Wildman–Crippen MR) is 124 cm³/mol. The lowest BCUT2D eigenvalue weighted by molar-refractivity contribution is 0.0979. The number of anilines is 1. The predicted octanol–water partition coefficient (Wildman–Crippen LogP) is 3.89. The van der Waals surface area contributed by atoms with E-state index in [1.807, 2.05) is 68.0 Å². The van der Waals surface area contributed by atoms with Crippen molar-refractivity contribution >= 4 is 50.6 Å². The molecular weight excluding hydrogens is 422 g/mol. The van der Waals surface area contributed by atoms with Gasteiger partial charge in [0, 0.05) is 19.3 Å². The molecule has 0 unspecified atom stereocenters. The first-order valence-corrected chi connectivity index (χ1v) is 10.1. The van der Waals surface area contributed by atoms with Crippen LogP contribution in [0.2, 0.25) is 0 Å². The maximum atomic E-state index is 13.6. The molecule has 9 heteroatoms. The number of carbonyl (C=O) groups is 1. The van der Waals surface area contributed by atoms with E-state index in [2.05, 4.69) is 9.88 Å². The summed E-state index contributed by atoms with van der Waals surface area (Å²) in [5, 5.41) is 0.672. The molecule has 3 aromatic heterocycles.